The van der Waals surface area contributed by atoms with E-state index < -0.39 is 42.3 Å². The number of ether oxygens (including phenoxy) is 2. The molecule has 2 aromatic carbocycles. The molecule has 0 aliphatic carbocycles. The summed E-state index contributed by atoms with van der Waals surface area (Å²) in [6, 6.07) is 12.8. The van der Waals surface area contributed by atoms with Gasteiger partial charge < -0.3 is 39.9 Å². The number of H-pyrrole nitrogens is 2. The Hall–Kier alpha value is -6.32. The molecule has 0 radical (unpaired) electrons. The fourth-order valence-corrected chi connectivity index (χ4v) is 7.36. The molecule has 14 nitrogen and oxygen atoms in total. The lowest BCUT2D eigenvalue weighted by molar-refractivity contribution is -0.136. The van der Waals surface area contributed by atoms with Crippen LogP contribution in [0.2, 0.25) is 0 Å². The number of nitrogens with one attached hydrogen (secondary N) is 4. The third kappa shape index (κ3) is 8.80. The molecule has 4 amide bonds. The minimum Gasteiger partial charge on any atom is -0.453 e. The zero-order valence-corrected chi connectivity index (χ0v) is 33.3. The Kier molecular flexibility index (Phi) is 12.4. The summed E-state index contributed by atoms with van der Waals surface area (Å²) in [5.41, 5.74) is 5.79. The van der Waals surface area contributed by atoms with Crippen molar-refractivity contribution in [3.05, 3.63) is 96.4 Å². The van der Waals surface area contributed by atoms with E-state index in [0.29, 0.717) is 30.3 Å². The van der Waals surface area contributed by atoms with Crippen molar-refractivity contribution in [1.82, 2.24) is 40.4 Å². The molecule has 0 bridgehead atoms. The summed E-state index contributed by atoms with van der Waals surface area (Å²) in [6.45, 7) is 11.4. The van der Waals surface area contributed by atoms with Crippen LogP contribution in [-0.2, 0) is 19.1 Å². The van der Waals surface area contributed by atoms with E-state index in [4.69, 9.17) is 4.74 Å². The summed E-state index contributed by atoms with van der Waals surface area (Å²) in [5.74, 6) is -0.253. The number of methoxy groups -OCH3 is 2. The van der Waals surface area contributed by atoms with Crippen LogP contribution in [0.5, 0.6) is 0 Å². The van der Waals surface area contributed by atoms with Gasteiger partial charge in [0, 0.05) is 25.1 Å². The average Bonchev–Trinajstić information content (AvgIpc) is 4.04. The van der Waals surface area contributed by atoms with Gasteiger partial charge in [-0.25, -0.2) is 19.6 Å². The number of likely N-dealkylation sites (tertiary alicyclic amines) is 2. The molecule has 2 aromatic heterocycles. The maximum atomic E-state index is 13.8. The zero-order chi connectivity index (χ0) is 41.8. The number of carbonyl (C=O) groups is 4. The normalized spacial score (nSPS) is 17.8. The fourth-order valence-electron chi connectivity index (χ4n) is 7.36. The second kappa shape index (κ2) is 17.4. The number of amides is 4. The van der Waals surface area contributed by atoms with Gasteiger partial charge in [-0.1, -0.05) is 88.4 Å². The van der Waals surface area contributed by atoms with Crippen LogP contribution in [0.4, 0.5) is 18.4 Å². The highest BCUT2D eigenvalue weighted by Crippen LogP contribution is 2.38. The number of carbonyl (C=O) groups excluding carboxylic acids is 4. The van der Waals surface area contributed by atoms with Crippen LogP contribution in [0.25, 0.3) is 33.6 Å². The molecule has 2 aliphatic rings. The number of alkyl carbamates (subject to hydrolysis) is 2. The third-order valence-corrected chi connectivity index (χ3v) is 10.6. The van der Waals surface area contributed by atoms with Gasteiger partial charge >= 0.3 is 12.2 Å². The van der Waals surface area contributed by atoms with E-state index in [-0.39, 0.29) is 42.3 Å². The number of aromatic nitrogens is 4. The van der Waals surface area contributed by atoms with E-state index in [1.54, 1.807) is 31.1 Å². The fraction of sp³-hybridized carbons (Fsp3) is 0.381. The van der Waals surface area contributed by atoms with Crippen LogP contribution >= 0.6 is 0 Å². The highest BCUT2D eigenvalue weighted by atomic mass is 19.3. The van der Waals surface area contributed by atoms with Crippen molar-refractivity contribution in [1.29, 1.82) is 0 Å². The summed E-state index contributed by atoms with van der Waals surface area (Å²) in [6.07, 6.45) is 0.501. The Morgan fingerprint density at radius 2 is 1.09 bits per heavy atom. The van der Waals surface area contributed by atoms with Gasteiger partial charge in [0.05, 0.1) is 50.1 Å². The van der Waals surface area contributed by atoms with Crippen molar-refractivity contribution >= 4 is 24.0 Å². The molecule has 16 heteroatoms. The Morgan fingerprint density at radius 3 is 1.48 bits per heavy atom. The molecule has 6 rings (SSSR count). The summed E-state index contributed by atoms with van der Waals surface area (Å²) in [5, 5.41) is 5.19. The van der Waals surface area contributed by atoms with E-state index in [1.165, 1.54) is 19.1 Å². The Balaban J connectivity index is 1.15. The highest BCUT2D eigenvalue weighted by Gasteiger charge is 2.41. The number of imidazole rings is 2. The maximum Gasteiger partial charge on any atom is 0.407 e. The molecular formula is C42H48F2N8O6. The number of aromatic amines is 2. The molecular weight excluding hydrogens is 751 g/mol. The van der Waals surface area contributed by atoms with Gasteiger partial charge in [-0.15, -0.1) is 0 Å². The number of halogens is 2. The van der Waals surface area contributed by atoms with Crippen molar-refractivity contribution in [2.75, 3.05) is 27.3 Å². The molecule has 4 heterocycles. The van der Waals surface area contributed by atoms with Gasteiger partial charge in [0.15, 0.2) is 0 Å². The van der Waals surface area contributed by atoms with Crippen molar-refractivity contribution in [2.24, 2.45) is 11.8 Å². The Morgan fingerprint density at radius 1 is 0.690 bits per heavy atom. The number of hydrogen-bond acceptors (Lipinski definition) is 8. The second-order valence-corrected chi connectivity index (χ2v) is 15.2. The number of hydrogen-bond donors (Lipinski definition) is 4. The van der Waals surface area contributed by atoms with Crippen LogP contribution in [-0.4, -0.2) is 93.1 Å². The lowest BCUT2D eigenvalue weighted by atomic mass is 10.0. The van der Waals surface area contributed by atoms with Crippen molar-refractivity contribution in [2.45, 2.75) is 64.7 Å². The minimum atomic E-state index is -1.84. The first-order chi connectivity index (χ1) is 27.7. The summed E-state index contributed by atoms with van der Waals surface area (Å²) in [4.78, 5) is 70.0. The first-order valence-corrected chi connectivity index (χ1v) is 19.0. The molecule has 4 N–H and O–H groups in total. The largest absolute Gasteiger partial charge is 0.453 e. The lowest BCUT2D eigenvalue weighted by Crippen LogP contribution is -2.51. The van der Waals surface area contributed by atoms with Crippen LogP contribution in [0.15, 0.2) is 84.7 Å². The van der Waals surface area contributed by atoms with E-state index in [0.717, 1.165) is 33.5 Å². The van der Waals surface area contributed by atoms with Crippen LogP contribution in [0.3, 0.4) is 0 Å². The molecule has 2 aliphatic heterocycles. The second-order valence-electron chi connectivity index (χ2n) is 15.2. The standard InChI is InChI=1S/C42H48F2N8O6/c1-22(2)34(49-41(55)57-6)39(53)51-20-24(5)16-32(51)37-45-18-30(47-37)27-12-8-25(9-13-27)26-10-14-28(15-11-26)31-19-46-38(48-31)33-17-29(36(43)44)21-52(33)40(54)35(23(3)4)50-42(56)58-7/h8-15,18-19,22-23,32-35H,5,16-17,20-21H2,1-4,6-7H3,(H,45,47)(H,46,48)(H,49,55)(H,50,56)/t32-,33-,34-,35-/m0/s1. The van der Waals surface area contributed by atoms with E-state index in [9.17, 15) is 28.0 Å². The van der Waals surface area contributed by atoms with Crippen molar-refractivity contribution in [3.8, 4) is 33.6 Å². The Labute approximate surface area is 335 Å². The molecule has 2 fully saturated rings. The highest BCUT2D eigenvalue weighted by molar-refractivity contribution is 5.87. The summed E-state index contributed by atoms with van der Waals surface area (Å²) in [7, 11) is 2.45. The minimum absolute atomic E-state index is 0.0950. The van der Waals surface area contributed by atoms with Crippen LogP contribution in [0.1, 0.15) is 64.3 Å². The van der Waals surface area contributed by atoms with Gasteiger partial charge in [-0.2, -0.15) is 8.78 Å². The molecule has 2 saturated heterocycles. The summed E-state index contributed by atoms with van der Waals surface area (Å²) < 4.78 is 37.1. The quantitative estimate of drug-likeness (QED) is 0.116. The van der Waals surface area contributed by atoms with E-state index in [1.807, 2.05) is 62.4 Å². The van der Waals surface area contributed by atoms with Gasteiger partial charge in [0.25, 0.3) is 6.08 Å². The molecule has 0 spiro atoms. The van der Waals surface area contributed by atoms with Gasteiger partial charge in [-0.05, 0) is 40.5 Å². The molecule has 58 heavy (non-hydrogen) atoms. The number of rotatable bonds is 11. The SMILES string of the molecule is C=C1C[C@@H](c2ncc(-c3ccc(-c4ccc(-c5cnc([C@@H]6CC(=C(F)F)CN6C(=O)[C@@H](NC(=O)OC)C(C)C)[nH]5)cc4)cc3)[nH]2)N(C(=O)[C@@H](NC(=O)OC)C(C)C)C1. The van der Waals surface area contributed by atoms with Crippen LogP contribution in [0, 0.1) is 11.8 Å². The smallest absolute Gasteiger partial charge is 0.407 e. The predicted octanol–water partition coefficient (Wildman–Crippen LogP) is 7.15. The van der Waals surface area contributed by atoms with Gasteiger partial charge in [0.2, 0.25) is 11.8 Å². The van der Waals surface area contributed by atoms with Crippen molar-refractivity contribution < 1.29 is 37.4 Å². The van der Waals surface area contributed by atoms with Gasteiger partial charge in [-0.3, -0.25) is 9.59 Å². The molecule has 306 valence electrons. The molecule has 4 atom stereocenters. The monoisotopic (exact) mass is 798 g/mol. The zero-order valence-electron chi connectivity index (χ0n) is 33.3. The maximum absolute atomic E-state index is 13.8. The number of nitrogens with zero attached hydrogens (tertiary/aromatic N) is 4. The first kappa shape index (κ1) is 41.3. The average molecular weight is 799 g/mol. The van der Waals surface area contributed by atoms with E-state index in [2.05, 4.69) is 41.9 Å². The Bertz CT molecular complexity index is 2190. The number of benzene rings is 2. The predicted molar refractivity (Wildman–Crippen MR) is 212 cm³/mol. The summed E-state index contributed by atoms with van der Waals surface area (Å²) >= 11 is 0. The molecule has 0 unspecified atom stereocenters. The first-order valence-electron chi connectivity index (χ1n) is 19.0. The van der Waals surface area contributed by atoms with Crippen molar-refractivity contribution in [3.63, 3.8) is 0 Å². The molecule has 0 saturated carbocycles. The molecule has 4 aromatic rings. The van der Waals surface area contributed by atoms with Gasteiger partial charge in [0.1, 0.15) is 23.7 Å². The topological polar surface area (TPSA) is 175 Å². The van der Waals surface area contributed by atoms with E-state index >= 15 is 0 Å². The lowest BCUT2D eigenvalue weighted by Gasteiger charge is -2.29. The third-order valence-electron chi connectivity index (χ3n) is 10.6. The van der Waals surface area contributed by atoms with Crippen LogP contribution < -0.4 is 10.6 Å².